The van der Waals surface area contributed by atoms with Crippen LogP contribution in [0, 0.1) is 0 Å². The molecule has 1 amide bonds. The standard InChI is InChI=1S/C25H31F4N6O2P/c1-38(2,37)22-17(23(36)32-11-14(26)9-10-30)8-7-16-18(12-31-21(16)22)20-19(25(27,28)29)13-33-24(35-20)34-15-5-3-4-6-15/h7-8,12-15,31H,3-6,9-11,30H2,1-2H3,(H,32,36)(H,33,34,35)/t14-/m1/s1. The van der Waals surface area contributed by atoms with Gasteiger partial charge in [-0.05, 0) is 45.2 Å². The highest BCUT2D eigenvalue weighted by molar-refractivity contribution is 7.70. The van der Waals surface area contributed by atoms with Crippen molar-refractivity contribution in [1.82, 2.24) is 20.3 Å². The molecular weight excluding hydrogens is 523 g/mol. The molecule has 2 heterocycles. The summed E-state index contributed by atoms with van der Waals surface area (Å²) in [4.78, 5) is 24.0. The van der Waals surface area contributed by atoms with Crippen molar-refractivity contribution in [1.29, 1.82) is 0 Å². The van der Waals surface area contributed by atoms with Gasteiger partial charge < -0.3 is 25.9 Å². The topological polar surface area (TPSA) is 126 Å². The number of rotatable bonds is 9. The minimum atomic E-state index is -4.72. The number of hydrogen-bond donors (Lipinski definition) is 4. The molecule has 1 aliphatic rings. The normalized spacial score (nSPS) is 15.7. The van der Waals surface area contributed by atoms with E-state index in [2.05, 4.69) is 25.6 Å². The molecule has 0 radical (unpaired) electrons. The van der Waals surface area contributed by atoms with Crippen LogP contribution < -0.4 is 21.7 Å². The zero-order chi connectivity index (χ0) is 27.7. The molecule has 1 aliphatic carbocycles. The Bertz CT molecular complexity index is 1360. The second kappa shape index (κ2) is 11.0. The van der Waals surface area contributed by atoms with Crippen molar-refractivity contribution in [3.05, 3.63) is 35.7 Å². The lowest BCUT2D eigenvalue weighted by molar-refractivity contribution is -0.137. The van der Waals surface area contributed by atoms with Gasteiger partial charge in [0.25, 0.3) is 5.91 Å². The molecule has 1 saturated carbocycles. The van der Waals surface area contributed by atoms with Gasteiger partial charge in [-0.1, -0.05) is 18.9 Å². The van der Waals surface area contributed by atoms with E-state index in [-0.39, 0.29) is 59.1 Å². The van der Waals surface area contributed by atoms with Crippen molar-refractivity contribution in [2.45, 2.75) is 50.5 Å². The summed E-state index contributed by atoms with van der Waals surface area (Å²) in [5.41, 5.74) is 4.47. The number of alkyl halides is 4. The maximum Gasteiger partial charge on any atom is 0.419 e. The number of nitrogens with zero attached hydrogens (tertiary/aromatic N) is 2. The molecule has 5 N–H and O–H groups in total. The number of aromatic amines is 1. The molecule has 0 saturated heterocycles. The van der Waals surface area contributed by atoms with Crippen molar-refractivity contribution in [2.75, 3.05) is 31.7 Å². The molecule has 2 aromatic heterocycles. The fraction of sp³-hybridized carbons (Fsp3) is 0.480. The van der Waals surface area contributed by atoms with Crippen LogP contribution in [0.1, 0.15) is 48.0 Å². The first-order chi connectivity index (χ1) is 17.9. The summed E-state index contributed by atoms with van der Waals surface area (Å²) in [5, 5.41) is 6.10. The predicted octanol–water partition coefficient (Wildman–Crippen LogP) is 4.66. The summed E-state index contributed by atoms with van der Waals surface area (Å²) in [6.45, 7) is 2.77. The number of halogens is 4. The van der Waals surface area contributed by atoms with E-state index in [1.807, 2.05) is 0 Å². The molecule has 8 nitrogen and oxygen atoms in total. The Morgan fingerprint density at radius 3 is 2.61 bits per heavy atom. The van der Waals surface area contributed by atoms with Crippen LogP contribution in [0.5, 0.6) is 0 Å². The summed E-state index contributed by atoms with van der Waals surface area (Å²) in [5.74, 6) is -0.539. The average molecular weight is 555 g/mol. The fourth-order valence-electron chi connectivity index (χ4n) is 4.82. The smallest absolute Gasteiger partial charge is 0.360 e. The summed E-state index contributed by atoms with van der Waals surface area (Å²) in [6.07, 6.45) is -0.0267. The number of fused-ring (bicyclic) bond motifs is 1. The summed E-state index contributed by atoms with van der Waals surface area (Å²) in [7, 11) is -3.14. The Labute approximate surface area is 217 Å². The zero-order valence-electron chi connectivity index (χ0n) is 21.2. The molecular formula is C25H31F4N6O2P. The van der Waals surface area contributed by atoms with E-state index in [0.717, 1.165) is 31.9 Å². The highest BCUT2D eigenvalue weighted by atomic mass is 31.2. The van der Waals surface area contributed by atoms with Crippen LogP contribution in [0.15, 0.2) is 24.5 Å². The molecule has 4 rings (SSSR count). The second-order valence-corrected chi connectivity index (χ2v) is 13.1. The van der Waals surface area contributed by atoms with Crippen LogP contribution in [0.25, 0.3) is 22.2 Å². The van der Waals surface area contributed by atoms with Gasteiger partial charge in [0.2, 0.25) is 5.95 Å². The van der Waals surface area contributed by atoms with E-state index in [1.165, 1.54) is 31.7 Å². The van der Waals surface area contributed by atoms with Gasteiger partial charge in [0.1, 0.15) is 18.9 Å². The van der Waals surface area contributed by atoms with Crippen LogP contribution in [0.3, 0.4) is 0 Å². The Hall–Kier alpha value is -2.98. The third kappa shape index (κ3) is 6.02. The molecule has 3 aromatic rings. The summed E-state index contributed by atoms with van der Waals surface area (Å²) >= 11 is 0. The number of hydrogen-bond acceptors (Lipinski definition) is 6. The van der Waals surface area contributed by atoms with E-state index in [9.17, 15) is 26.9 Å². The zero-order valence-corrected chi connectivity index (χ0v) is 22.1. The predicted molar refractivity (Wildman–Crippen MR) is 140 cm³/mol. The minimum absolute atomic E-state index is 0.0569. The molecule has 1 atom stereocenters. The van der Waals surface area contributed by atoms with Crippen molar-refractivity contribution in [3.8, 4) is 11.3 Å². The van der Waals surface area contributed by atoms with Gasteiger partial charge in [-0.15, -0.1) is 0 Å². The van der Waals surface area contributed by atoms with Crippen molar-refractivity contribution < 1.29 is 26.9 Å². The van der Waals surface area contributed by atoms with Crippen molar-refractivity contribution in [2.24, 2.45) is 5.73 Å². The number of amides is 1. The van der Waals surface area contributed by atoms with Gasteiger partial charge in [0, 0.05) is 41.2 Å². The molecule has 13 heteroatoms. The number of carbonyl (C=O) groups is 1. The lowest BCUT2D eigenvalue weighted by atomic mass is 10.0. The molecule has 0 unspecified atom stereocenters. The van der Waals surface area contributed by atoms with Gasteiger partial charge in [-0.2, -0.15) is 13.2 Å². The highest BCUT2D eigenvalue weighted by Gasteiger charge is 2.37. The maximum atomic E-state index is 14.0. The van der Waals surface area contributed by atoms with Gasteiger partial charge in [-0.25, -0.2) is 14.4 Å². The number of H-pyrrole nitrogens is 1. The van der Waals surface area contributed by atoms with Gasteiger partial charge in [0.05, 0.1) is 16.8 Å². The summed E-state index contributed by atoms with van der Waals surface area (Å²) in [6, 6.07) is 2.97. The minimum Gasteiger partial charge on any atom is -0.360 e. The maximum absolute atomic E-state index is 14.0. The Morgan fingerprint density at radius 2 is 1.97 bits per heavy atom. The van der Waals surface area contributed by atoms with Crippen LogP contribution >= 0.6 is 7.14 Å². The molecule has 1 fully saturated rings. The van der Waals surface area contributed by atoms with Gasteiger partial charge in [-0.3, -0.25) is 4.79 Å². The third-order valence-corrected chi connectivity index (χ3v) is 8.16. The molecule has 0 bridgehead atoms. The van der Waals surface area contributed by atoms with E-state index >= 15 is 0 Å². The average Bonchev–Trinajstić information content (AvgIpc) is 3.50. The fourth-order valence-corrected chi connectivity index (χ4v) is 6.30. The quantitative estimate of drug-likeness (QED) is 0.225. The van der Waals surface area contributed by atoms with Crippen LogP contribution in [-0.2, 0) is 10.7 Å². The first kappa shape index (κ1) is 28.0. The van der Waals surface area contributed by atoms with Crippen LogP contribution in [-0.4, -0.2) is 59.5 Å². The van der Waals surface area contributed by atoms with Crippen molar-refractivity contribution in [3.63, 3.8) is 0 Å². The first-order valence-corrected chi connectivity index (χ1v) is 15.0. The van der Waals surface area contributed by atoms with E-state index in [1.54, 1.807) is 0 Å². The summed E-state index contributed by atoms with van der Waals surface area (Å²) < 4.78 is 69.1. The number of nitrogens with one attached hydrogen (secondary N) is 3. The largest absolute Gasteiger partial charge is 0.419 e. The lowest BCUT2D eigenvalue weighted by Gasteiger charge is -2.17. The molecule has 206 valence electrons. The van der Waals surface area contributed by atoms with Gasteiger partial charge in [0.15, 0.2) is 0 Å². The third-order valence-electron chi connectivity index (χ3n) is 6.61. The Morgan fingerprint density at radius 1 is 1.26 bits per heavy atom. The number of nitrogens with two attached hydrogens (primary N) is 1. The monoisotopic (exact) mass is 554 g/mol. The number of anilines is 1. The van der Waals surface area contributed by atoms with E-state index in [4.69, 9.17) is 5.73 Å². The van der Waals surface area contributed by atoms with Crippen LogP contribution in [0.4, 0.5) is 23.5 Å². The molecule has 0 aliphatic heterocycles. The number of aromatic nitrogens is 3. The van der Waals surface area contributed by atoms with Crippen molar-refractivity contribution >= 4 is 35.2 Å². The first-order valence-electron chi connectivity index (χ1n) is 12.4. The molecule has 1 aromatic carbocycles. The number of carbonyl (C=O) groups excluding carboxylic acids is 1. The lowest BCUT2D eigenvalue weighted by Crippen LogP contribution is -2.34. The van der Waals surface area contributed by atoms with E-state index < -0.39 is 31.0 Å². The van der Waals surface area contributed by atoms with E-state index in [0.29, 0.717) is 5.39 Å². The highest BCUT2D eigenvalue weighted by Crippen LogP contribution is 2.43. The Balaban J connectivity index is 1.80. The molecule has 0 spiro atoms. The van der Waals surface area contributed by atoms with Crippen LogP contribution in [0.2, 0.25) is 0 Å². The second-order valence-electron chi connectivity index (χ2n) is 9.90. The Kier molecular flexibility index (Phi) is 8.13. The molecule has 38 heavy (non-hydrogen) atoms. The SMILES string of the molecule is CP(C)(=O)c1c(C(=O)NC[C@H](F)CCN)ccc2c(-c3nc(NC4CCCC4)ncc3C(F)(F)F)c[nH]c12. The number of benzene rings is 1. The van der Waals surface area contributed by atoms with Gasteiger partial charge >= 0.3 is 6.18 Å².